The summed E-state index contributed by atoms with van der Waals surface area (Å²) in [5.74, 6) is 1.90. The van der Waals surface area contributed by atoms with Gasteiger partial charge in [-0.1, -0.05) is 54.1 Å². The minimum absolute atomic E-state index is 0.737. The summed E-state index contributed by atoms with van der Waals surface area (Å²) in [6.07, 6.45) is 8.54. The van der Waals surface area contributed by atoms with Crippen molar-refractivity contribution in [2.45, 2.75) is 38.5 Å². The zero-order valence-electron chi connectivity index (χ0n) is 11.5. The number of rotatable bonds is 7. The van der Waals surface area contributed by atoms with E-state index >= 15 is 0 Å². The Labute approximate surface area is 125 Å². The molecule has 19 heavy (non-hydrogen) atoms. The average molecular weight is 326 g/mol. The maximum Gasteiger partial charge on any atom is 0.120 e. The minimum atomic E-state index is 0.737. The highest BCUT2D eigenvalue weighted by Crippen LogP contribution is 2.25. The predicted octanol–water partition coefficient (Wildman–Crippen LogP) is 4.39. The molecule has 0 atom stereocenters. The summed E-state index contributed by atoms with van der Waals surface area (Å²) >= 11 is 3.44. The zero-order valence-corrected chi connectivity index (χ0v) is 13.1. The number of hydrogen-bond donors (Lipinski definition) is 1. The lowest BCUT2D eigenvalue weighted by molar-refractivity contribution is 0.301. The molecule has 0 unspecified atom stereocenters. The zero-order chi connectivity index (χ0) is 13.3. The Balaban J connectivity index is 1.50. The second-order valence-corrected chi connectivity index (χ2v) is 6.26. The lowest BCUT2D eigenvalue weighted by Crippen LogP contribution is -2.24. The van der Waals surface area contributed by atoms with Crippen LogP contribution < -0.4 is 10.1 Å². The molecule has 1 fully saturated rings. The summed E-state index contributed by atoms with van der Waals surface area (Å²) in [5.41, 5.74) is 0. The van der Waals surface area contributed by atoms with Gasteiger partial charge in [0, 0.05) is 11.0 Å². The van der Waals surface area contributed by atoms with Crippen molar-refractivity contribution >= 4 is 15.9 Å². The lowest BCUT2D eigenvalue weighted by atomic mass is 9.87. The van der Waals surface area contributed by atoms with E-state index in [2.05, 4.69) is 21.2 Å². The first-order chi connectivity index (χ1) is 9.34. The summed E-state index contributed by atoms with van der Waals surface area (Å²) < 4.78 is 6.75. The molecule has 0 amide bonds. The first-order valence-electron chi connectivity index (χ1n) is 7.44. The fraction of sp³-hybridized carbons (Fsp3) is 0.625. The molecule has 0 heterocycles. The highest BCUT2D eigenvalue weighted by molar-refractivity contribution is 9.10. The third-order valence-corrected chi connectivity index (χ3v) is 4.29. The molecule has 1 aromatic carbocycles. The SMILES string of the molecule is Brc1cccc(OCCNCCC2CCCCC2)c1. The minimum Gasteiger partial charge on any atom is -0.492 e. The van der Waals surface area contributed by atoms with Crippen LogP contribution in [0.2, 0.25) is 0 Å². The van der Waals surface area contributed by atoms with E-state index in [9.17, 15) is 0 Å². The van der Waals surface area contributed by atoms with E-state index in [1.165, 1.54) is 38.5 Å². The van der Waals surface area contributed by atoms with Crippen LogP contribution in [0.5, 0.6) is 5.75 Å². The van der Waals surface area contributed by atoms with Crippen LogP contribution in [-0.4, -0.2) is 19.7 Å². The number of benzene rings is 1. The van der Waals surface area contributed by atoms with Gasteiger partial charge in [-0.15, -0.1) is 0 Å². The van der Waals surface area contributed by atoms with Crippen LogP contribution in [0.25, 0.3) is 0 Å². The van der Waals surface area contributed by atoms with Crippen molar-refractivity contribution in [3.63, 3.8) is 0 Å². The van der Waals surface area contributed by atoms with Gasteiger partial charge in [0.2, 0.25) is 0 Å². The average Bonchev–Trinajstić information content (AvgIpc) is 2.44. The molecule has 1 aliphatic rings. The molecule has 1 aromatic rings. The van der Waals surface area contributed by atoms with Crippen molar-refractivity contribution in [2.24, 2.45) is 5.92 Å². The molecule has 3 heteroatoms. The van der Waals surface area contributed by atoms with Gasteiger partial charge in [0.25, 0.3) is 0 Å². The lowest BCUT2D eigenvalue weighted by Gasteiger charge is -2.21. The van der Waals surface area contributed by atoms with Crippen LogP contribution >= 0.6 is 15.9 Å². The Kier molecular flexibility index (Phi) is 6.72. The largest absolute Gasteiger partial charge is 0.492 e. The van der Waals surface area contributed by atoms with E-state index in [1.807, 2.05) is 24.3 Å². The Morgan fingerprint density at radius 2 is 2.00 bits per heavy atom. The fourth-order valence-corrected chi connectivity index (χ4v) is 3.08. The first kappa shape index (κ1) is 14.9. The van der Waals surface area contributed by atoms with E-state index in [0.717, 1.165) is 35.8 Å². The van der Waals surface area contributed by atoms with Gasteiger partial charge >= 0.3 is 0 Å². The van der Waals surface area contributed by atoms with Gasteiger partial charge in [-0.2, -0.15) is 0 Å². The van der Waals surface area contributed by atoms with E-state index in [4.69, 9.17) is 4.74 Å². The monoisotopic (exact) mass is 325 g/mol. The van der Waals surface area contributed by atoms with Crippen LogP contribution in [0.1, 0.15) is 38.5 Å². The molecule has 2 rings (SSSR count). The van der Waals surface area contributed by atoms with Crippen molar-refractivity contribution in [1.29, 1.82) is 0 Å². The quantitative estimate of drug-likeness (QED) is 0.751. The topological polar surface area (TPSA) is 21.3 Å². The molecule has 0 bridgehead atoms. The maximum atomic E-state index is 5.69. The second-order valence-electron chi connectivity index (χ2n) is 5.35. The van der Waals surface area contributed by atoms with Gasteiger partial charge in [-0.05, 0) is 37.1 Å². The second kappa shape index (κ2) is 8.60. The normalized spacial score (nSPS) is 16.5. The van der Waals surface area contributed by atoms with Crippen LogP contribution in [0.15, 0.2) is 28.7 Å². The highest BCUT2D eigenvalue weighted by atomic mass is 79.9. The number of hydrogen-bond acceptors (Lipinski definition) is 2. The van der Waals surface area contributed by atoms with Crippen molar-refractivity contribution in [1.82, 2.24) is 5.32 Å². The van der Waals surface area contributed by atoms with Gasteiger partial charge in [-0.25, -0.2) is 0 Å². The van der Waals surface area contributed by atoms with Crippen LogP contribution in [-0.2, 0) is 0 Å². The fourth-order valence-electron chi connectivity index (χ4n) is 2.70. The van der Waals surface area contributed by atoms with Crippen LogP contribution in [0, 0.1) is 5.92 Å². The molecule has 1 saturated carbocycles. The van der Waals surface area contributed by atoms with E-state index in [0.29, 0.717) is 0 Å². The van der Waals surface area contributed by atoms with Gasteiger partial charge in [0.15, 0.2) is 0 Å². The van der Waals surface area contributed by atoms with Gasteiger partial charge in [-0.3, -0.25) is 0 Å². The van der Waals surface area contributed by atoms with Crippen molar-refractivity contribution in [2.75, 3.05) is 19.7 Å². The molecule has 0 aromatic heterocycles. The summed E-state index contributed by atoms with van der Waals surface area (Å²) in [4.78, 5) is 0. The summed E-state index contributed by atoms with van der Waals surface area (Å²) in [7, 11) is 0. The predicted molar refractivity (Wildman–Crippen MR) is 83.7 cm³/mol. The molecule has 0 aliphatic heterocycles. The number of nitrogens with one attached hydrogen (secondary N) is 1. The van der Waals surface area contributed by atoms with Gasteiger partial charge in [0.05, 0.1) is 0 Å². The third-order valence-electron chi connectivity index (χ3n) is 3.80. The Morgan fingerprint density at radius 1 is 1.16 bits per heavy atom. The molecule has 1 aliphatic carbocycles. The van der Waals surface area contributed by atoms with E-state index in [-0.39, 0.29) is 0 Å². The molecule has 106 valence electrons. The Morgan fingerprint density at radius 3 is 2.79 bits per heavy atom. The van der Waals surface area contributed by atoms with E-state index in [1.54, 1.807) is 0 Å². The van der Waals surface area contributed by atoms with Crippen molar-refractivity contribution in [3.8, 4) is 5.75 Å². The molecule has 1 N–H and O–H groups in total. The smallest absolute Gasteiger partial charge is 0.120 e. The Hall–Kier alpha value is -0.540. The maximum absolute atomic E-state index is 5.69. The van der Waals surface area contributed by atoms with Crippen LogP contribution in [0.3, 0.4) is 0 Å². The van der Waals surface area contributed by atoms with Gasteiger partial charge < -0.3 is 10.1 Å². The number of ether oxygens (including phenoxy) is 1. The van der Waals surface area contributed by atoms with Crippen molar-refractivity contribution < 1.29 is 4.74 Å². The summed E-state index contributed by atoms with van der Waals surface area (Å²) in [6, 6.07) is 8.00. The molecule has 0 saturated heterocycles. The summed E-state index contributed by atoms with van der Waals surface area (Å²) in [5, 5.41) is 3.48. The standard InChI is InChI=1S/C16H24BrNO/c17-15-7-4-8-16(13-15)19-12-11-18-10-9-14-5-2-1-3-6-14/h4,7-8,13-14,18H,1-3,5-6,9-12H2. The summed E-state index contributed by atoms with van der Waals surface area (Å²) in [6.45, 7) is 2.80. The number of halogens is 1. The molecule has 2 nitrogen and oxygen atoms in total. The van der Waals surface area contributed by atoms with Crippen molar-refractivity contribution in [3.05, 3.63) is 28.7 Å². The van der Waals surface area contributed by atoms with Crippen LogP contribution in [0.4, 0.5) is 0 Å². The molecule has 0 radical (unpaired) electrons. The first-order valence-corrected chi connectivity index (χ1v) is 8.23. The molecular weight excluding hydrogens is 302 g/mol. The molecular formula is C16H24BrNO. The third kappa shape index (κ3) is 5.96. The molecule has 0 spiro atoms. The van der Waals surface area contributed by atoms with E-state index < -0.39 is 0 Å². The highest BCUT2D eigenvalue weighted by Gasteiger charge is 2.12. The Bertz CT molecular complexity index is 364. The van der Waals surface area contributed by atoms with Gasteiger partial charge in [0.1, 0.15) is 12.4 Å².